The van der Waals surface area contributed by atoms with Crippen molar-refractivity contribution in [1.82, 2.24) is 4.98 Å². The molecule has 8 heteroatoms. The summed E-state index contributed by atoms with van der Waals surface area (Å²) in [5.41, 5.74) is 2.98. The number of hydrogen-bond acceptors (Lipinski definition) is 7. The predicted molar refractivity (Wildman–Crippen MR) is 154 cm³/mol. The van der Waals surface area contributed by atoms with Gasteiger partial charge in [-0.05, 0) is 48.0 Å². The van der Waals surface area contributed by atoms with E-state index in [1.54, 1.807) is 50.7 Å². The molecule has 0 aliphatic carbocycles. The molecule has 0 aliphatic heterocycles. The van der Waals surface area contributed by atoms with Gasteiger partial charge >= 0.3 is 0 Å². The van der Waals surface area contributed by atoms with Crippen molar-refractivity contribution in [2.75, 3.05) is 19.5 Å². The first kappa shape index (κ1) is 26.2. The molecule has 40 heavy (non-hydrogen) atoms. The molecule has 8 nitrogen and oxygen atoms in total. The third-order valence-electron chi connectivity index (χ3n) is 6.05. The number of carbonyl (C=O) groups is 1. The van der Waals surface area contributed by atoms with Crippen LogP contribution in [0.4, 0.5) is 5.69 Å². The topological polar surface area (TPSA) is 91.3 Å². The van der Waals surface area contributed by atoms with Crippen LogP contribution in [-0.2, 0) is 16.2 Å². The quantitative estimate of drug-likeness (QED) is 0.161. The van der Waals surface area contributed by atoms with Gasteiger partial charge in [-0.2, -0.15) is 0 Å². The van der Waals surface area contributed by atoms with Crippen molar-refractivity contribution in [3.05, 3.63) is 120 Å². The molecular weight excluding hydrogens is 506 g/mol. The standard InChI is InChI=1S/C32H27N3O5/c1-37-28-18-17-26-27(19-20-33-30(26)31(28)38-2)40-25-15-13-24(14-16-25)34-32(36)29(23-11-7-4-8-12-23)35-39-21-22-9-5-3-6-10-22/h3-20H,21H2,1-2H3,(H,34,36). The highest BCUT2D eigenvalue weighted by atomic mass is 16.6. The molecule has 0 radical (unpaired) electrons. The third-order valence-corrected chi connectivity index (χ3v) is 6.05. The van der Waals surface area contributed by atoms with Crippen LogP contribution in [0.25, 0.3) is 10.9 Å². The Bertz CT molecular complexity index is 1620. The summed E-state index contributed by atoms with van der Waals surface area (Å²) in [6.07, 6.45) is 1.65. The van der Waals surface area contributed by atoms with Crippen LogP contribution in [0.1, 0.15) is 11.1 Å². The highest BCUT2D eigenvalue weighted by Crippen LogP contribution is 2.38. The number of carbonyl (C=O) groups excluding carboxylic acids is 1. The summed E-state index contributed by atoms with van der Waals surface area (Å²) in [6, 6.07) is 31.3. The molecule has 1 amide bonds. The molecule has 0 unspecified atom stereocenters. The number of rotatable bonds is 10. The zero-order chi connectivity index (χ0) is 27.7. The van der Waals surface area contributed by atoms with E-state index in [1.165, 1.54) is 0 Å². The molecule has 0 atom stereocenters. The molecule has 4 aromatic carbocycles. The van der Waals surface area contributed by atoms with Crippen molar-refractivity contribution in [3.8, 4) is 23.0 Å². The van der Waals surface area contributed by atoms with Gasteiger partial charge in [0, 0.05) is 22.8 Å². The minimum atomic E-state index is -0.394. The average molecular weight is 534 g/mol. The van der Waals surface area contributed by atoms with E-state index in [4.69, 9.17) is 19.0 Å². The van der Waals surface area contributed by atoms with Gasteiger partial charge in [0.1, 0.15) is 23.6 Å². The molecule has 5 rings (SSSR count). The van der Waals surface area contributed by atoms with Gasteiger partial charge < -0.3 is 24.4 Å². The second kappa shape index (κ2) is 12.4. The summed E-state index contributed by atoms with van der Waals surface area (Å²) < 4.78 is 17.0. The Balaban J connectivity index is 1.31. The number of methoxy groups -OCH3 is 2. The largest absolute Gasteiger partial charge is 0.493 e. The lowest BCUT2D eigenvalue weighted by atomic mass is 10.1. The number of benzene rings is 4. The van der Waals surface area contributed by atoms with Crippen LogP contribution in [-0.4, -0.2) is 30.8 Å². The van der Waals surface area contributed by atoms with Gasteiger partial charge in [0.25, 0.3) is 5.91 Å². The maximum absolute atomic E-state index is 13.2. The van der Waals surface area contributed by atoms with Gasteiger partial charge in [-0.3, -0.25) is 9.78 Å². The number of aromatic nitrogens is 1. The van der Waals surface area contributed by atoms with E-state index in [0.717, 1.165) is 10.9 Å². The van der Waals surface area contributed by atoms with Crippen molar-refractivity contribution in [2.24, 2.45) is 5.16 Å². The van der Waals surface area contributed by atoms with Crippen LogP contribution in [0, 0.1) is 0 Å². The maximum Gasteiger partial charge on any atom is 0.278 e. The Morgan fingerprint density at radius 1 is 0.800 bits per heavy atom. The van der Waals surface area contributed by atoms with Crippen molar-refractivity contribution < 1.29 is 23.8 Å². The molecule has 200 valence electrons. The molecule has 0 fully saturated rings. The van der Waals surface area contributed by atoms with Gasteiger partial charge in [0.15, 0.2) is 17.2 Å². The van der Waals surface area contributed by atoms with Gasteiger partial charge in [-0.15, -0.1) is 0 Å². The fourth-order valence-electron chi connectivity index (χ4n) is 4.09. The molecule has 0 aliphatic rings. The molecule has 1 N–H and O–H groups in total. The molecule has 1 heterocycles. The molecule has 5 aromatic rings. The number of amides is 1. The van der Waals surface area contributed by atoms with Gasteiger partial charge in [0.2, 0.25) is 0 Å². The SMILES string of the molecule is COc1ccc2c(Oc3ccc(NC(=O)C(=NOCc4ccccc4)c4ccccc4)cc3)ccnc2c1OC. The van der Waals surface area contributed by atoms with Crippen molar-refractivity contribution in [2.45, 2.75) is 6.61 Å². The first-order valence-electron chi connectivity index (χ1n) is 12.5. The molecule has 0 bridgehead atoms. The van der Waals surface area contributed by atoms with E-state index < -0.39 is 5.91 Å². The lowest BCUT2D eigenvalue weighted by molar-refractivity contribution is -0.110. The van der Waals surface area contributed by atoms with E-state index in [2.05, 4.69) is 15.5 Å². The Morgan fingerprint density at radius 3 is 2.23 bits per heavy atom. The number of fused-ring (bicyclic) bond motifs is 1. The van der Waals surface area contributed by atoms with Crippen LogP contribution < -0.4 is 19.5 Å². The van der Waals surface area contributed by atoms with Crippen LogP contribution in [0.5, 0.6) is 23.0 Å². The fraction of sp³-hybridized carbons (Fsp3) is 0.0938. The molecule has 0 saturated carbocycles. The van der Waals surface area contributed by atoms with Crippen molar-refractivity contribution in [1.29, 1.82) is 0 Å². The number of hydrogen-bond donors (Lipinski definition) is 1. The first-order valence-corrected chi connectivity index (χ1v) is 12.5. The predicted octanol–water partition coefficient (Wildman–Crippen LogP) is 6.60. The summed E-state index contributed by atoms with van der Waals surface area (Å²) in [6.45, 7) is 0.249. The molecule has 1 aromatic heterocycles. The summed E-state index contributed by atoms with van der Waals surface area (Å²) in [5, 5.41) is 7.84. The second-order valence-corrected chi connectivity index (χ2v) is 8.65. The van der Waals surface area contributed by atoms with Crippen LogP contribution in [0.15, 0.2) is 114 Å². The number of nitrogens with one attached hydrogen (secondary N) is 1. The smallest absolute Gasteiger partial charge is 0.278 e. The third kappa shape index (κ3) is 6.02. The lowest BCUT2D eigenvalue weighted by Gasteiger charge is -2.13. The Kier molecular flexibility index (Phi) is 8.17. The van der Waals surface area contributed by atoms with E-state index in [-0.39, 0.29) is 12.3 Å². The number of pyridine rings is 1. The number of ether oxygens (including phenoxy) is 3. The van der Waals surface area contributed by atoms with Crippen LogP contribution >= 0.6 is 0 Å². The zero-order valence-electron chi connectivity index (χ0n) is 22.0. The Morgan fingerprint density at radius 2 is 1.52 bits per heavy atom. The number of oxime groups is 1. The molecule has 0 saturated heterocycles. The monoisotopic (exact) mass is 533 g/mol. The van der Waals surface area contributed by atoms with E-state index in [9.17, 15) is 4.79 Å². The summed E-state index contributed by atoms with van der Waals surface area (Å²) in [7, 11) is 3.15. The highest BCUT2D eigenvalue weighted by Gasteiger charge is 2.17. The minimum absolute atomic E-state index is 0.171. The van der Waals surface area contributed by atoms with Crippen molar-refractivity contribution >= 4 is 28.2 Å². The second-order valence-electron chi connectivity index (χ2n) is 8.65. The van der Waals surface area contributed by atoms with Gasteiger partial charge in [0.05, 0.1) is 14.2 Å². The minimum Gasteiger partial charge on any atom is -0.493 e. The Hall–Kier alpha value is -5.37. The average Bonchev–Trinajstić information content (AvgIpc) is 3.00. The van der Waals surface area contributed by atoms with Crippen molar-refractivity contribution in [3.63, 3.8) is 0 Å². The summed E-state index contributed by atoms with van der Waals surface area (Å²) in [4.78, 5) is 23.2. The van der Waals surface area contributed by atoms with Gasteiger partial charge in [-0.25, -0.2) is 0 Å². The summed E-state index contributed by atoms with van der Waals surface area (Å²) in [5.74, 6) is 1.92. The first-order chi connectivity index (χ1) is 19.7. The zero-order valence-corrected chi connectivity index (χ0v) is 22.0. The Labute approximate surface area is 231 Å². The van der Waals surface area contributed by atoms with Crippen LogP contribution in [0.3, 0.4) is 0 Å². The molecular formula is C32H27N3O5. The number of anilines is 1. The van der Waals surface area contributed by atoms with E-state index >= 15 is 0 Å². The van der Waals surface area contributed by atoms with E-state index in [0.29, 0.717) is 39.8 Å². The summed E-state index contributed by atoms with van der Waals surface area (Å²) >= 11 is 0. The number of nitrogens with zero attached hydrogens (tertiary/aromatic N) is 2. The molecule has 0 spiro atoms. The maximum atomic E-state index is 13.2. The van der Waals surface area contributed by atoms with E-state index in [1.807, 2.05) is 72.8 Å². The fourth-order valence-corrected chi connectivity index (χ4v) is 4.09. The normalized spacial score (nSPS) is 11.1. The van der Waals surface area contributed by atoms with Gasteiger partial charge in [-0.1, -0.05) is 65.8 Å². The lowest BCUT2D eigenvalue weighted by Crippen LogP contribution is -2.24. The highest BCUT2D eigenvalue weighted by molar-refractivity contribution is 6.48. The van der Waals surface area contributed by atoms with Crippen LogP contribution in [0.2, 0.25) is 0 Å².